The predicted octanol–water partition coefficient (Wildman–Crippen LogP) is 1.43. The molecule has 0 radical (unpaired) electrons. The van der Waals surface area contributed by atoms with Crippen LogP contribution in [0, 0.1) is 0 Å². The average Bonchev–Trinajstić information content (AvgIpc) is 2.72. The molecule has 112 valence electrons. The lowest BCUT2D eigenvalue weighted by atomic mass is 9.96. The second-order valence-corrected chi connectivity index (χ2v) is 6.89. The van der Waals surface area contributed by atoms with E-state index in [0.29, 0.717) is 0 Å². The Balaban J connectivity index is 2.00. The minimum absolute atomic E-state index is 0.0318. The van der Waals surface area contributed by atoms with E-state index in [1.807, 2.05) is 4.90 Å². The van der Waals surface area contributed by atoms with Gasteiger partial charge in [-0.2, -0.15) is 4.37 Å². The van der Waals surface area contributed by atoms with E-state index in [1.165, 1.54) is 11.5 Å². The fraction of sp³-hybridized carbons (Fsp3) is 0.769. The zero-order chi connectivity index (χ0) is 14.8. The van der Waals surface area contributed by atoms with E-state index in [9.17, 15) is 4.79 Å². The van der Waals surface area contributed by atoms with Gasteiger partial charge in [-0.25, -0.2) is 4.98 Å². The molecule has 0 unspecified atom stereocenters. The molecule has 1 aromatic rings. The summed E-state index contributed by atoms with van der Waals surface area (Å²) in [6.45, 7) is 9.75. The Hall–Kier alpha value is -1.21. The first-order valence-corrected chi connectivity index (χ1v) is 7.67. The largest absolute Gasteiger partial charge is 0.480 e. The van der Waals surface area contributed by atoms with Gasteiger partial charge in [0.2, 0.25) is 5.13 Å². The first kappa shape index (κ1) is 15.2. The third-order valence-corrected chi connectivity index (χ3v) is 4.08. The fourth-order valence-electron chi connectivity index (χ4n) is 2.16. The molecule has 0 bridgehead atoms. The Kier molecular flexibility index (Phi) is 4.59. The normalized spacial score (nSPS) is 18.1. The van der Waals surface area contributed by atoms with Gasteiger partial charge in [0.1, 0.15) is 5.82 Å². The highest BCUT2D eigenvalue weighted by atomic mass is 32.1. The molecular weight excluding hydrogens is 276 g/mol. The molecule has 0 aromatic carbocycles. The molecule has 7 heteroatoms. The van der Waals surface area contributed by atoms with Crippen molar-refractivity contribution in [3.05, 3.63) is 5.82 Å². The van der Waals surface area contributed by atoms with Gasteiger partial charge in [0.15, 0.2) is 0 Å². The summed E-state index contributed by atoms with van der Waals surface area (Å²) in [7, 11) is 0. The number of nitrogens with zero attached hydrogens (tertiary/aromatic N) is 4. The molecule has 1 aromatic heterocycles. The molecule has 1 aliphatic heterocycles. The van der Waals surface area contributed by atoms with Crippen LogP contribution in [0.2, 0.25) is 0 Å². The lowest BCUT2D eigenvalue weighted by molar-refractivity contribution is -0.138. The van der Waals surface area contributed by atoms with Crippen molar-refractivity contribution in [3.63, 3.8) is 0 Å². The third-order valence-electron chi connectivity index (χ3n) is 3.30. The van der Waals surface area contributed by atoms with E-state index in [4.69, 9.17) is 5.11 Å². The highest BCUT2D eigenvalue weighted by Gasteiger charge is 2.23. The maximum absolute atomic E-state index is 10.8. The van der Waals surface area contributed by atoms with Crippen LogP contribution in [0.1, 0.15) is 33.0 Å². The quantitative estimate of drug-likeness (QED) is 0.910. The number of carboxylic acid groups (broad SMARTS) is 1. The van der Waals surface area contributed by atoms with Crippen molar-refractivity contribution in [1.82, 2.24) is 14.3 Å². The summed E-state index contributed by atoms with van der Waals surface area (Å²) in [4.78, 5) is 19.6. The molecule has 0 atom stereocenters. The van der Waals surface area contributed by atoms with E-state index in [0.717, 1.165) is 43.6 Å². The van der Waals surface area contributed by atoms with Gasteiger partial charge in [0.05, 0.1) is 6.54 Å². The molecule has 0 saturated carbocycles. The Morgan fingerprint density at radius 2 is 2.05 bits per heavy atom. The number of hydrogen-bond donors (Lipinski definition) is 1. The van der Waals surface area contributed by atoms with Gasteiger partial charge in [-0.1, -0.05) is 20.8 Å². The Morgan fingerprint density at radius 3 is 2.65 bits per heavy atom. The molecule has 1 N–H and O–H groups in total. The summed E-state index contributed by atoms with van der Waals surface area (Å²) in [5.74, 6) is 0.119. The topological polar surface area (TPSA) is 69.6 Å². The first-order valence-electron chi connectivity index (χ1n) is 6.89. The highest BCUT2D eigenvalue weighted by Crippen LogP contribution is 2.25. The molecule has 2 rings (SSSR count). The minimum atomic E-state index is -0.760. The lowest BCUT2D eigenvalue weighted by Crippen LogP contribution is -2.34. The van der Waals surface area contributed by atoms with Crippen LogP contribution in [-0.4, -0.2) is 58.1 Å². The molecular formula is C13H22N4O2S. The monoisotopic (exact) mass is 298 g/mol. The van der Waals surface area contributed by atoms with Gasteiger partial charge in [0.25, 0.3) is 0 Å². The van der Waals surface area contributed by atoms with Crippen molar-refractivity contribution in [2.24, 2.45) is 0 Å². The van der Waals surface area contributed by atoms with Crippen LogP contribution >= 0.6 is 11.5 Å². The molecule has 1 saturated heterocycles. The Labute approximate surface area is 123 Å². The molecule has 0 amide bonds. The fourth-order valence-corrected chi connectivity index (χ4v) is 3.07. The molecule has 0 spiro atoms. The van der Waals surface area contributed by atoms with Crippen molar-refractivity contribution in [1.29, 1.82) is 0 Å². The van der Waals surface area contributed by atoms with Crippen molar-refractivity contribution in [2.75, 3.05) is 37.6 Å². The number of aliphatic carboxylic acids is 1. The second-order valence-electron chi connectivity index (χ2n) is 6.16. The maximum Gasteiger partial charge on any atom is 0.317 e. The van der Waals surface area contributed by atoms with Crippen molar-refractivity contribution in [2.45, 2.75) is 32.6 Å². The number of carbonyl (C=O) groups is 1. The van der Waals surface area contributed by atoms with E-state index in [2.05, 4.69) is 35.0 Å². The van der Waals surface area contributed by atoms with Crippen LogP contribution in [0.15, 0.2) is 0 Å². The van der Waals surface area contributed by atoms with Gasteiger partial charge < -0.3 is 10.0 Å². The molecule has 0 aliphatic carbocycles. The van der Waals surface area contributed by atoms with E-state index in [1.54, 1.807) is 0 Å². The standard InChI is InChI=1S/C13H22N4O2S/c1-13(2,3)11-14-12(20-15-11)17-6-4-5-16(7-8-17)9-10(18)19/h4-9H2,1-3H3,(H,18,19). The van der Waals surface area contributed by atoms with Gasteiger partial charge in [-0.3, -0.25) is 9.69 Å². The summed E-state index contributed by atoms with van der Waals surface area (Å²) in [5.41, 5.74) is -0.0318. The average molecular weight is 298 g/mol. The van der Waals surface area contributed by atoms with Crippen LogP contribution < -0.4 is 4.90 Å². The summed E-state index contributed by atoms with van der Waals surface area (Å²) < 4.78 is 4.44. The van der Waals surface area contributed by atoms with E-state index >= 15 is 0 Å². The van der Waals surface area contributed by atoms with Crippen LogP contribution in [-0.2, 0) is 10.2 Å². The van der Waals surface area contributed by atoms with E-state index < -0.39 is 5.97 Å². The number of hydrogen-bond acceptors (Lipinski definition) is 6. The maximum atomic E-state index is 10.8. The third kappa shape index (κ3) is 3.89. The summed E-state index contributed by atoms with van der Waals surface area (Å²) in [6.07, 6.45) is 0.956. The van der Waals surface area contributed by atoms with Gasteiger partial charge in [-0.05, 0) is 6.42 Å². The predicted molar refractivity (Wildman–Crippen MR) is 79.5 cm³/mol. The zero-order valence-electron chi connectivity index (χ0n) is 12.3. The highest BCUT2D eigenvalue weighted by molar-refractivity contribution is 7.09. The van der Waals surface area contributed by atoms with Crippen LogP contribution in [0.4, 0.5) is 5.13 Å². The zero-order valence-corrected chi connectivity index (χ0v) is 13.1. The minimum Gasteiger partial charge on any atom is -0.480 e. The molecule has 2 heterocycles. The summed E-state index contributed by atoms with van der Waals surface area (Å²) in [5, 5.41) is 9.81. The van der Waals surface area contributed by atoms with Gasteiger partial charge in [0, 0.05) is 43.1 Å². The summed E-state index contributed by atoms with van der Waals surface area (Å²) >= 11 is 1.44. The molecule has 1 aliphatic rings. The number of rotatable bonds is 3. The molecule has 20 heavy (non-hydrogen) atoms. The van der Waals surface area contributed by atoms with Crippen LogP contribution in [0.5, 0.6) is 0 Å². The van der Waals surface area contributed by atoms with E-state index in [-0.39, 0.29) is 12.0 Å². The number of anilines is 1. The Morgan fingerprint density at radius 1 is 1.30 bits per heavy atom. The van der Waals surface area contributed by atoms with Crippen molar-refractivity contribution < 1.29 is 9.90 Å². The van der Waals surface area contributed by atoms with Gasteiger partial charge in [-0.15, -0.1) is 0 Å². The van der Waals surface area contributed by atoms with Crippen molar-refractivity contribution >= 4 is 22.6 Å². The molecule has 6 nitrogen and oxygen atoms in total. The van der Waals surface area contributed by atoms with Gasteiger partial charge >= 0.3 is 5.97 Å². The molecule has 1 fully saturated rings. The first-order chi connectivity index (χ1) is 9.36. The lowest BCUT2D eigenvalue weighted by Gasteiger charge is -2.20. The second kappa shape index (κ2) is 6.05. The van der Waals surface area contributed by atoms with Crippen LogP contribution in [0.25, 0.3) is 0 Å². The van der Waals surface area contributed by atoms with Crippen molar-refractivity contribution in [3.8, 4) is 0 Å². The smallest absolute Gasteiger partial charge is 0.317 e. The van der Waals surface area contributed by atoms with Crippen LogP contribution in [0.3, 0.4) is 0 Å². The number of aromatic nitrogens is 2. The SMILES string of the molecule is CC(C)(C)c1nsc(N2CCCN(CC(=O)O)CC2)n1. The Bertz CT molecular complexity index is 469. The number of carboxylic acids is 1. The summed E-state index contributed by atoms with van der Waals surface area (Å²) in [6, 6.07) is 0.